The highest BCUT2D eigenvalue weighted by molar-refractivity contribution is 5.91. The third kappa shape index (κ3) is 2.86. The van der Waals surface area contributed by atoms with Crippen LogP contribution in [-0.4, -0.2) is 38.3 Å². The fourth-order valence-electron chi connectivity index (χ4n) is 1.71. The van der Waals surface area contributed by atoms with Gasteiger partial charge in [-0.15, -0.1) is 0 Å². The van der Waals surface area contributed by atoms with Gasteiger partial charge >= 0.3 is 0 Å². The second-order valence-corrected chi connectivity index (χ2v) is 3.70. The maximum atomic E-state index is 11.7. The molecular formula is C10H16N2O3. The fraction of sp³-hybridized carbons (Fsp3) is 0.700. The van der Waals surface area contributed by atoms with E-state index in [2.05, 4.69) is 10.6 Å². The number of hydrogen-bond acceptors (Lipinski definition) is 4. The van der Waals surface area contributed by atoms with Crippen molar-refractivity contribution in [2.45, 2.75) is 18.9 Å². The quantitative estimate of drug-likeness (QED) is 0.662. The number of nitrogens with one attached hydrogen (secondary N) is 2. The SMILES string of the molecule is O=C(NC1CCNCC1)C1=COCCO1. The molecule has 0 aromatic rings. The minimum atomic E-state index is -0.165. The first kappa shape index (κ1) is 10.3. The normalized spacial score (nSPS) is 22.3. The predicted molar refractivity (Wildman–Crippen MR) is 54.0 cm³/mol. The number of carbonyl (C=O) groups excluding carboxylic acids is 1. The Morgan fingerprint density at radius 1 is 1.40 bits per heavy atom. The first-order valence-corrected chi connectivity index (χ1v) is 5.32. The van der Waals surface area contributed by atoms with Gasteiger partial charge in [-0.25, -0.2) is 0 Å². The molecule has 0 saturated carbocycles. The van der Waals surface area contributed by atoms with Crippen molar-refractivity contribution in [1.29, 1.82) is 0 Å². The minimum Gasteiger partial charge on any atom is -0.494 e. The van der Waals surface area contributed by atoms with Crippen LogP contribution in [0.1, 0.15) is 12.8 Å². The van der Waals surface area contributed by atoms with Crippen LogP contribution < -0.4 is 10.6 Å². The van der Waals surface area contributed by atoms with Crippen LogP contribution in [0.25, 0.3) is 0 Å². The summed E-state index contributed by atoms with van der Waals surface area (Å²) < 4.78 is 10.2. The highest BCUT2D eigenvalue weighted by Gasteiger charge is 2.20. The molecule has 0 bridgehead atoms. The molecule has 5 heteroatoms. The molecule has 0 radical (unpaired) electrons. The average Bonchev–Trinajstić information content (AvgIpc) is 2.31. The molecule has 0 atom stereocenters. The molecule has 0 aromatic heterocycles. The lowest BCUT2D eigenvalue weighted by Gasteiger charge is -2.24. The maximum absolute atomic E-state index is 11.7. The largest absolute Gasteiger partial charge is 0.494 e. The topological polar surface area (TPSA) is 59.6 Å². The molecule has 84 valence electrons. The molecular weight excluding hydrogens is 196 g/mol. The molecule has 0 aromatic carbocycles. The summed E-state index contributed by atoms with van der Waals surface area (Å²) in [6.45, 7) is 2.89. The molecule has 1 fully saturated rings. The third-order valence-electron chi connectivity index (χ3n) is 2.55. The van der Waals surface area contributed by atoms with Crippen molar-refractivity contribution >= 4 is 5.91 Å². The second kappa shape index (κ2) is 5.02. The summed E-state index contributed by atoms with van der Waals surface area (Å²) >= 11 is 0. The number of piperidine rings is 1. The van der Waals surface area contributed by atoms with E-state index in [1.54, 1.807) is 0 Å². The Kier molecular flexibility index (Phi) is 3.45. The van der Waals surface area contributed by atoms with Gasteiger partial charge < -0.3 is 20.1 Å². The second-order valence-electron chi connectivity index (χ2n) is 3.70. The van der Waals surface area contributed by atoms with Crippen LogP contribution in [0.3, 0.4) is 0 Å². The zero-order chi connectivity index (χ0) is 10.5. The van der Waals surface area contributed by atoms with Crippen molar-refractivity contribution in [2.24, 2.45) is 0 Å². The van der Waals surface area contributed by atoms with Crippen LogP contribution in [0.15, 0.2) is 12.0 Å². The van der Waals surface area contributed by atoms with E-state index in [1.807, 2.05) is 0 Å². The minimum absolute atomic E-state index is 0.165. The van der Waals surface area contributed by atoms with Crippen LogP contribution in [0.2, 0.25) is 0 Å². The van der Waals surface area contributed by atoms with E-state index in [-0.39, 0.29) is 11.9 Å². The lowest BCUT2D eigenvalue weighted by atomic mass is 10.1. The van der Waals surface area contributed by atoms with Crippen molar-refractivity contribution in [3.63, 3.8) is 0 Å². The first-order valence-electron chi connectivity index (χ1n) is 5.32. The van der Waals surface area contributed by atoms with Crippen molar-refractivity contribution in [3.05, 3.63) is 12.0 Å². The highest BCUT2D eigenvalue weighted by atomic mass is 16.6. The molecule has 2 aliphatic rings. The van der Waals surface area contributed by atoms with Gasteiger partial charge in [0.05, 0.1) is 0 Å². The maximum Gasteiger partial charge on any atom is 0.289 e. The lowest BCUT2D eigenvalue weighted by Crippen LogP contribution is -2.43. The summed E-state index contributed by atoms with van der Waals surface area (Å²) in [7, 11) is 0. The Hall–Kier alpha value is -1.23. The van der Waals surface area contributed by atoms with E-state index in [1.165, 1.54) is 6.26 Å². The number of hydrogen-bond donors (Lipinski definition) is 2. The Morgan fingerprint density at radius 3 is 2.87 bits per heavy atom. The van der Waals surface area contributed by atoms with Gasteiger partial charge in [0.1, 0.15) is 19.5 Å². The average molecular weight is 212 g/mol. The van der Waals surface area contributed by atoms with Crippen LogP contribution in [0.5, 0.6) is 0 Å². The summed E-state index contributed by atoms with van der Waals surface area (Å²) in [6.07, 6.45) is 3.33. The van der Waals surface area contributed by atoms with E-state index in [4.69, 9.17) is 9.47 Å². The van der Waals surface area contributed by atoms with Gasteiger partial charge in [-0.05, 0) is 25.9 Å². The molecule has 2 N–H and O–H groups in total. The van der Waals surface area contributed by atoms with Crippen LogP contribution in [-0.2, 0) is 14.3 Å². The Balaban J connectivity index is 1.82. The van der Waals surface area contributed by atoms with Crippen LogP contribution in [0.4, 0.5) is 0 Å². The molecule has 15 heavy (non-hydrogen) atoms. The van der Waals surface area contributed by atoms with Gasteiger partial charge in [0.25, 0.3) is 5.91 Å². The Morgan fingerprint density at radius 2 is 2.20 bits per heavy atom. The highest BCUT2D eigenvalue weighted by Crippen LogP contribution is 2.07. The number of ether oxygens (including phenoxy) is 2. The smallest absolute Gasteiger partial charge is 0.289 e. The van der Waals surface area contributed by atoms with Crippen molar-refractivity contribution in [1.82, 2.24) is 10.6 Å². The van der Waals surface area contributed by atoms with E-state index in [9.17, 15) is 4.79 Å². The molecule has 0 spiro atoms. The van der Waals surface area contributed by atoms with Gasteiger partial charge in [-0.2, -0.15) is 0 Å². The van der Waals surface area contributed by atoms with E-state index in [0.29, 0.717) is 19.0 Å². The fourth-order valence-corrected chi connectivity index (χ4v) is 1.71. The molecule has 2 rings (SSSR count). The van der Waals surface area contributed by atoms with Gasteiger partial charge in [0.15, 0.2) is 0 Å². The van der Waals surface area contributed by atoms with E-state index in [0.717, 1.165) is 25.9 Å². The predicted octanol–water partition coefficient (Wildman–Crippen LogP) is -0.257. The van der Waals surface area contributed by atoms with Gasteiger partial charge in [-0.1, -0.05) is 0 Å². The van der Waals surface area contributed by atoms with Gasteiger partial charge in [-0.3, -0.25) is 4.79 Å². The molecule has 1 amide bonds. The molecule has 2 aliphatic heterocycles. The van der Waals surface area contributed by atoms with Crippen molar-refractivity contribution < 1.29 is 14.3 Å². The molecule has 0 unspecified atom stereocenters. The molecule has 1 saturated heterocycles. The lowest BCUT2D eigenvalue weighted by molar-refractivity contribution is -0.123. The van der Waals surface area contributed by atoms with Gasteiger partial charge in [0, 0.05) is 6.04 Å². The van der Waals surface area contributed by atoms with Crippen molar-refractivity contribution in [2.75, 3.05) is 26.3 Å². The van der Waals surface area contributed by atoms with Crippen molar-refractivity contribution in [3.8, 4) is 0 Å². The number of rotatable bonds is 2. The van der Waals surface area contributed by atoms with E-state index >= 15 is 0 Å². The zero-order valence-electron chi connectivity index (χ0n) is 8.62. The number of carbonyl (C=O) groups is 1. The van der Waals surface area contributed by atoms with Crippen LogP contribution in [0, 0.1) is 0 Å². The van der Waals surface area contributed by atoms with Crippen LogP contribution >= 0.6 is 0 Å². The molecule has 5 nitrogen and oxygen atoms in total. The third-order valence-corrected chi connectivity index (χ3v) is 2.55. The Bertz CT molecular complexity index is 259. The molecule has 2 heterocycles. The summed E-state index contributed by atoms with van der Waals surface area (Å²) in [5.41, 5.74) is 0. The standard InChI is InChI=1S/C10H16N2O3/c13-10(9-7-14-5-6-15-9)12-8-1-3-11-4-2-8/h7-8,11H,1-6H2,(H,12,13). The Labute approximate surface area is 88.8 Å². The summed E-state index contributed by atoms with van der Waals surface area (Å²) in [5, 5.41) is 6.18. The molecule has 0 aliphatic carbocycles. The first-order chi connectivity index (χ1) is 7.36. The summed E-state index contributed by atoms with van der Waals surface area (Å²) in [4.78, 5) is 11.7. The zero-order valence-corrected chi connectivity index (χ0v) is 8.62. The summed E-state index contributed by atoms with van der Waals surface area (Å²) in [5.74, 6) is 0.126. The van der Waals surface area contributed by atoms with E-state index < -0.39 is 0 Å². The van der Waals surface area contributed by atoms with Gasteiger partial charge in [0.2, 0.25) is 5.76 Å². The number of amides is 1. The summed E-state index contributed by atoms with van der Waals surface area (Å²) in [6, 6.07) is 0.255. The monoisotopic (exact) mass is 212 g/mol.